The topological polar surface area (TPSA) is 59.0 Å². The fraction of sp³-hybridized carbons (Fsp3) is 0.235. The third-order valence-electron chi connectivity index (χ3n) is 3.09. The first-order valence-corrected chi connectivity index (χ1v) is 6.60. The monoisotopic (exact) mass is 304 g/mol. The highest BCUT2D eigenvalue weighted by molar-refractivity contribution is 5.33. The van der Waals surface area contributed by atoms with E-state index in [4.69, 9.17) is 15.7 Å². The minimum absolute atomic E-state index is 0.262. The molecule has 0 spiro atoms. The maximum Gasteiger partial charge on any atom is 0.126 e. The Labute approximate surface area is 128 Å². The molecule has 2 aromatic rings. The second-order valence-corrected chi connectivity index (χ2v) is 4.72. The zero-order chi connectivity index (χ0) is 16.7. The van der Waals surface area contributed by atoms with Crippen molar-refractivity contribution in [2.75, 3.05) is 7.11 Å². The number of aryl methyl sites for hydroxylation is 2. The van der Waals surface area contributed by atoms with Crippen LogP contribution in [0.4, 0.5) is 8.78 Å². The number of hydrogen-bond acceptors (Lipinski definition) is 3. The summed E-state index contributed by atoms with van der Waals surface area (Å²) in [4.78, 5) is 0. The van der Waals surface area contributed by atoms with Gasteiger partial charge in [-0.25, -0.2) is 8.78 Å². The molecule has 116 valence electrons. The zero-order valence-corrected chi connectivity index (χ0v) is 12.7. The lowest BCUT2D eigenvalue weighted by Crippen LogP contribution is -2.09. The summed E-state index contributed by atoms with van der Waals surface area (Å²) < 4.78 is 30.0. The van der Waals surface area contributed by atoms with Crippen LogP contribution in [0.15, 0.2) is 36.4 Å². The molecule has 1 unspecified atom stereocenters. The molecule has 1 atom stereocenters. The number of rotatable bonds is 2. The molecule has 2 aromatic carbocycles. The number of nitrogens with zero attached hydrogens (tertiary/aromatic N) is 1. The van der Waals surface area contributed by atoms with Crippen molar-refractivity contribution in [3.63, 3.8) is 0 Å². The minimum Gasteiger partial charge on any atom is -0.496 e. The first-order valence-electron chi connectivity index (χ1n) is 6.60. The number of methoxy groups -OCH3 is 1. The lowest BCUT2D eigenvalue weighted by Gasteiger charge is -2.06. The largest absolute Gasteiger partial charge is 0.496 e. The van der Waals surface area contributed by atoms with Crippen LogP contribution >= 0.6 is 0 Å². The molecular weight excluding hydrogens is 286 g/mol. The Morgan fingerprint density at radius 3 is 2.09 bits per heavy atom. The molecule has 0 fully saturated rings. The normalized spacial score (nSPS) is 11.0. The van der Waals surface area contributed by atoms with Crippen molar-refractivity contribution in [3.05, 3.63) is 64.7 Å². The first kappa shape index (κ1) is 17.6. The summed E-state index contributed by atoms with van der Waals surface area (Å²) in [6.07, 6.45) is 0. The van der Waals surface area contributed by atoms with Crippen molar-refractivity contribution in [2.45, 2.75) is 19.9 Å². The van der Waals surface area contributed by atoms with Crippen LogP contribution in [-0.2, 0) is 0 Å². The van der Waals surface area contributed by atoms with E-state index in [9.17, 15) is 8.78 Å². The van der Waals surface area contributed by atoms with Gasteiger partial charge in [-0.15, -0.1) is 0 Å². The molecule has 0 aliphatic rings. The fourth-order valence-corrected chi connectivity index (χ4v) is 1.81. The molecule has 0 saturated heterocycles. The van der Waals surface area contributed by atoms with Crippen LogP contribution in [-0.4, -0.2) is 7.11 Å². The molecule has 22 heavy (non-hydrogen) atoms. The summed E-state index contributed by atoms with van der Waals surface area (Å²) in [6.45, 7) is 3.67. The van der Waals surface area contributed by atoms with Gasteiger partial charge in [0.2, 0.25) is 0 Å². The molecule has 0 aliphatic carbocycles. The van der Waals surface area contributed by atoms with Gasteiger partial charge in [0.25, 0.3) is 0 Å². The zero-order valence-electron chi connectivity index (χ0n) is 12.7. The van der Waals surface area contributed by atoms with Crippen molar-refractivity contribution >= 4 is 0 Å². The van der Waals surface area contributed by atoms with Crippen LogP contribution < -0.4 is 10.5 Å². The van der Waals surface area contributed by atoms with Gasteiger partial charge in [-0.05, 0) is 48.7 Å². The summed E-state index contributed by atoms with van der Waals surface area (Å²) in [5, 5.41) is 8.51. The van der Waals surface area contributed by atoms with Gasteiger partial charge in [-0.2, -0.15) is 5.26 Å². The van der Waals surface area contributed by atoms with Crippen molar-refractivity contribution in [1.82, 2.24) is 0 Å². The highest BCUT2D eigenvalue weighted by Crippen LogP contribution is 2.17. The van der Waals surface area contributed by atoms with Gasteiger partial charge in [0.05, 0.1) is 13.2 Å². The van der Waals surface area contributed by atoms with Gasteiger partial charge < -0.3 is 10.5 Å². The predicted octanol–water partition coefficient (Wildman–Crippen LogP) is 3.80. The van der Waals surface area contributed by atoms with Crippen molar-refractivity contribution in [2.24, 2.45) is 5.73 Å². The van der Waals surface area contributed by atoms with Gasteiger partial charge in [-0.1, -0.05) is 12.1 Å². The molecule has 0 aliphatic heterocycles. The average Bonchev–Trinajstić information content (AvgIpc) is 2.52. The molecule has 5 heteroatoms. The predicted molar refractivity (Wildman–Crippen MR) is 81.4 cm³/mol. The Kier molecular flexibility index (Phi) is 6.48. The Morgan fingerprint density at radius 1 is 1.05 bits per heavy atom. The maximum absolute atomic E-state index is 12.7. The minimum atomic E-state index is -0.735. The molecule has 0 amide bonds. The van der Waals surface area contributed by atoms with E-state index in [0.717, 1.165) is 11.1 Å². The SMILES string of the molecule is COc1cc(F)ccc1C.Cc1ccc(F)cc1C(N)C#N. The summed E-state index contributed by atoms with van der Waals surface area (Å²) in [7, 11) is 1.53. The van der Waals surface area contributed by atoms with E-state index < -0.39 is 6.04 Å². The van der Waals surface area contributed by atoms with Crippen LogP contribution in [0.1, 0.15) is 22.7 Å². The highest BCUT2D eigenvalue weighted by Gasteiger charge is 2.07. The van der Waals surface area contributed by atoms with E-state index in [0.29, 0.717) is 11.3 Å². The molecule has 0 heterocycles. The standard InChI is InChI=1S/C9H9FN2.C8H9FO/c1-6-2-3-7(10)4-8(6)9(12)5-11;1-6-3-4-7(9)5-8(6)10-2/h2-4,9H,12H2,1H3;3-5H,1-2H3. The van der Waals surface area contributed by atoms with E-state index in [1.54, 1.807) is 19.1 Å². The molecule has 2 N–H and O–H groups in total. The van der Waals surface area contributed by atoms with E-state index in [1.807, 2.05) is 13.0 Å². The summed E-state index contributed by atoms with van der Waals surface area (Å²) in [5.74, 6) is -0.0243. The van der Waals surface area contributed by atoms with E-state index in [2.05, 4.69) is 0 Å². The number of ether oxygens (including phenoxy) is 1. The third-order valence-corrected chi connectivity index (χ3v) is 3.09. The van der Waals surface area contributed by atoms with Gasteiger partial charge in [-0.3, -0.25) is 0 Å². The fourth-order valence-electron chi connectivity index (χ4n) is 1.81. The Morgan fingerprint density at radius 2 is 1.59 bits per heavy atom. The van der Waals surface area contributed by atoms with Gasteiger partial charge >= 0.3 is 0 Å². The van der Waals surface area contributed by atoms with Crippen LogP contribution in [0.2, 0.25) is 0 Å². The van der Waals surface area contributed by atoms with E-state index in [1.165, 1.54) is 31.4 Å². The quantitative estimate of drug-likeness (QED) is 0.918. The average molecular weight is 304 g/mol. The third kappa shape index (κ3) is 4.83. The van der Waals surface area contributed by atoms with Crippen molar-refractivity contribution < 1.29 is 13.5 Å². The molecular formula is C17H18F2N2O. The second-order valence-electron chi connectivity index (χ2n) is 4.72. The van der Waals surface area contributed by atoms with Gasteiger partial charge in [0.1, 0.15) is 23.4 Å². The van der Waals surface area contributed by atoms with Gasteiger partial charge in [0, 0.05) is 6.07 Å². The van der Waals surface area contributed by atoms with Crippen LogP contribution in [0.5, 0.6) is 5.75 Å². The molecule has 0 bridgehead atoms. The Hall–Kier alpha value is -2.45. The van der Waals surface area contributed by atoms with Crippen LogP contribution in [0.25, 0.3) is 0 Å². The summed E-state index contributed by atoms with van der Waals surface area (Å²) in [5.41, 5.74) is 7.78. The molecule has 0 aromatic heterocycles. The Bertz CT molecular complexity index is 681. The lowest BCUT2D eigenvalue weighted by molar-refractivity contribution is 0.408. The second kappa shape index (κ2) is 8.11. The number of hydrogen-bond donors (Lipinski definition) is 1. The number of nitriles is 1. The smallest absolute Gasteiger partial charge is 0.126 e. The van der Waals surface area contributed by atoms with Crippen molar-refractivity contribution in [1.29, 1.82) is 5.26 Å². The molecule has 3 nitrogen and oxygen atoms in total. The summed E-state index contributed by atoms with van der Waals surface area (Å²) in [6, 6.07) is 9.86. The first-order chi connectivity index (χ1) is 10.4. The van der Waals surface area contributed by atoms with Crippen molar-refractivity contribution in [3.8, 4) is 11.8 Å². The molecule has 0 saturated carbocycles. The molecule has 0 radical (unpaired) electrons. The highest BCUT2D eigenvalue weighted by atomic mass is 19.1. The lowest BCUT2D eigenvalue weighted by atomic mass is 10.0. The van der Waals surface area contributed by atoms with Crippen LogP contribution in [0, 0.1) is 36.8 Å². The van der Waals surface area contributed by atoms with Gasteiger partial charge in [0.15, 0.2) is 0 Å². The van der Waals surface area contributed by atoms with E-state index >= 15 is 0 Å². The Balaban J connectivity index is 0.000000224. The van der Waals surface area contributed by atoms with Crippen LogP contribution in [0.3, 0.4) is 0 Å². The molecule has 2 rings (SSSR count). The number of benzene rings is 2. The number of nitrogens with two attached hydrogens (primary N) is 1. The van der Waals surface area contributed by atoms with E-state index in [-0.39, 0.29) is 11.6 Å². The summed E-state index contributed by atoms with van der Waals surface area (Å²) >= 11 is 0. The number of halogens is 2. The maximum atomic E-state index is 12.7.